The Bertz CT molecular complexity index is 1150. The number of hydrogen-bond acceptors (Lipinski definition) is 5. The zero-order valence-corrected chi connectivity index (χ0v) is 17.2. The molecule has 0 saturated heterocycles. The van der Waals surface area contributed by atoms with Gasteiger partial charge >= 0.3 is 6.03 Å². The number of rotatable bonds is 7. The molecule has 164 valence electrons. The van der Waals surface area contributed by atoms with E-state index in [9.17, 15) is 24.8 Å². The quantitative estimate of drug-likeness (QED) is 0.331. The number of nitrogens with one attached hydrogen (secondary N) is 3. The number of carbonyl (C=O) groups excluding carboxylic acids is 2. The Morgan fingerprint density at radius 2 is 1.62 bits per heavy atom. The zero-order valence-electron chi connectivity index (χ0n) is 17.2. The van der Waals surface area contributed by atoms with Gasteiger partial charge in [0.25, 0.3) is 11.6 Å². The summed E-state index contributed by atoms with van der Waals surface area (Å²) < 4.78 is 0. The Kier molecular flexibility index (Phi) is 7.14. The predicted molar refractivity (Wildman–Crippen MR) is 120 cm³/mol. The fourth-order valence-electron chi connectivity index (χ4n) is 3.02. The maximum absolute atomic E-state index is 12.3. The molecule has 0 heterocycles. The number of amides is 3. The number of nitrogens with zero attached hydrogens (tertiary/aromatic N) is 1. The van der Waals surface area contributed by atoms with Crippen LogP contribution in [0.15, 0.2) is 72.8 Å². The fourth-order valence-corrected chi connectivity index (χ4v) is 3.02. The van der Waals surface area contributed by atoms with Gasteiger partial charge in [0.05, 0.1) is 4.92 Å². The summed E-state index contributed by atoms with van der Waals surface area (Å²) in [4.78, 5) is 34.8. The van der Waals surface area contributed by atoms with Crippen LogP contribution >= 0.6 is 0 Å². The molecule has 0 aliphatic heterocycles. The monoisotopic (exact) mass is 434 g/mol. The van der Waals surface area contributed by atoms with E-state index in [1.54, 1.807) is 30.3 Å². The SMILES string of the molecule is Cc1cccc(NC(=O)Nc2cccc(CNC(=O)C(O)c3cccc([N+](=O)[O-])c3)c2)c1. The van der Waals surface area contributed by atoms with Gasteiger partial charge in [0.15, 0.2) is 6.10 Å². The van der Waals surface area contributed by atoms with Crippen LogP contribution in [0.1, 0.15) is 22.8 Å². The van der Waals surface area contributed by atoms with E-state index in [1.807, 2.05) is 25.1 Å². The van der Waals surface area contributed by atoms with E-state index < -0.39 is 23.0 Å². The first-order valence-corrected chi connectivity index (χ1v) is 9.75. The molecule has 32 heavy (non-hydrogen) atoms. The molecule has 0 aliphatic rings. The number of anilines is 2. The summed E-state index contributed by atoms with van der Waals surface area (Å²) in [7, 11) is 0. The van der Waals surface area contributed by atoms with Crippen LogP contribution in [0.5, 0.6) is 0 Å². The van der Waals surface area contributed by atoms with Crippen molar-refractivity contribution in [3.8, 4) is 0 Å². The number of aliphatic hydroxyl groups excluding tert-OH is 1. The average Bonchev–Trinajstić information content (AvgIpc) is 2.77. The topological polar surface area (TPSA) is 134 Å². The third-order valence-corrected chi connectivity index (χ3v) is 4.57. The first-order chi connectivity index (χ1) is 15.3. The van der Waals surface area contributed by atoms with Crippen LogP contribution in [0.4, 0.5) is 21.9 Å². The Balaban J connectivity index is 1.57. The van der Waals surface area contributed by atoms with Crippen LogP contribution in [0.2, 0.25) is 0 Å². The van der Waals surface area contributed by atoms with Gasteiger partial charge in [-0.05, 0) is 47.9 Å². The molecular formula is C23H22N4O5. The van der Waals surface area contributed by atoms with Crippen LogP contribution in [-0.4, -0.2) is 22.0 Å². The maximum atomic E-state index is 12.3. The molecule has 9 heteroatoms. The summed E-state index contributed by atoms with van der Waals surface area (Å²) in [6.45, 7) is 2.02. The number of nitro benzene ring substituents is 1. The second-order valence-electron chi connectivity index (χ2n) is 7.12. The van der Waals surface area contributed by atoms with Gasteiger partial charge in [-0.25, -0.2) is 4.79 Å². The highest BCUT2D eigenvalue weighted by Crippen LogP contribution is 2.20. The van der Waals surface area contributed by atoms with Crippen molar-refractivity contribution >= 4 is 29.0 Å². The normalized spacial score (nSPS) is 11.3. The molecule has 3 aromatic carbocycles. The largest absolute Gasteiger partial charge is 0.378 e. The van der Waals surface area contributed by atoms with Gasteiger partial charge in [0.2, 0.25) is 0 Å². The van der Waals surface area contributed by atoms with Gasteiger partial charge in [-0.3, -0.25) is 14.9 Å². The van der Waals surface area contributed by atoms with Crippen molar-refractivity contribution in [2.24, 2.45) is 0 Å². The lowest BCUT2D eigenvalue weighted by Crippen LogP contribution is -2.29. The van der Waals surface area contributed by atoms with E-state index in [0.717, 1.165) is 11.6 Å². The third kappa shape index (κ3) is 6.13. The van der Waals surface area contributed by atoms with Gasteiger partial charge in [-0.2, -0.15) is 0 Å². The summed E-state index contributed by atoms with van der Waals surface area (Å²) in [5.41, 5.74) is 2.82. The highest BCUT2D eigenvalue weighted by molar-refractivity contribution is 5.99. The van der Waals surface area contributed by atoms with E-state index in [-0.39, 0.29) is 17.8 Å². The molecule has 1 unspecified atom stereocenters. The number of aryl methyl sites for hydroxylation is 1. The van der Waals surface area contributed by atoms with Gasteiger partial charge in [0.1, 0.15) is 0 Å². The van der Waals surface area contributed by atoms with Crippen molar-refractivity contribution in [3.05, 3.63) is 99.6 Å². The number of non-ortho nitro benzene ring substituents is 1. The summed E-state index contributed by atoms with van der Waals surface area (Å²) >= 11 is 0. The Morgan fingerprint density at radius 3 is 2.31 bits per heavy atom. The standard InChI is InChI=1S/C23H22N4O5/c1-15-5-2-8-18(11-15)25-23(30)26-19-9-3-6-16(12-19)14-24-22(29)21(28)17-7-4-10-20(13-17)27(31)32/h2-13,21,28H,14H2,1H3,(H,24,29)(H2,25,26,30). The average molecular weight is 434 g/mol. The van der Waals surface area contributed by atoms with E-state index in [4.69, 9.17) is 0 Å². The molecule has 1 atom stereocenters. The van der Waals surface area contributed by atoms with E-state index in [1.165, 1.54) is 18.2 Å². The molecule has 0 aliphatic carbocycles. The van der Waals surface area contributed by atoms with Gasteiger partial charge < -0.3 is 21.1 Å². The zero-order chi connectivity index (χ0) is 23.1. The molecule has 0 saturated carbocycles. The fraction of sp³-hybridized carbons (Fsp3) is 0.130. The molecule has 0 radical (unpaired) electrons. The molecule has 3 aromatic rings. The first kappa shape index (κ1) is 22.4. The second-order valence-corrected chi connectivity index (χ2v) is 7.12. The number of hydrogen-bond donors (Lipinski definition) is 4. The van der Waals surface area contributed by atoms with Crippen molar-refractivity contribution in [2.45, 2.75) is 19.6 Å². The van der Waals surface area contributed by atoms with Crippen molar-refractivity contribution in [3.63, 3.8) is 0 Å². The minimum atomic E-state index is -1.55. The van der Waals surface area contributed by atoms with Gasteiger partial charge in [-0.1, -0.05) is 36.4 Å². The number of urea groups is 1. The van der Waals surface area contributed by atoms with Gasteiger partial charge in [-0.15, -0.1) is 0 Å². The van der Waals surface area contributed by atoms with Gasteiger partial charge in [0, 0.05) is 30.1 Å². The lowest BCUT2D eigenvalue weighted by Gasteiger charge is -2.13. The van der Waals surface area contributed by atoms with Crippen LogP contribution in [0.3, 0.4) is 0 Å². The van der Waals surface area contributed by atoms with E-state index in [0.29, 0.717) is 16.9 Å². The lowest BCUT2D eigenvalue weighted by atomic mass is 10.1. The molecule has 9 nitrogen and oxygen atoms in total. The Labute approximate surface area is 184 Å². The summed E-state index contributed by atoms with van der Waals surface area (Å²) in [5, 5.41) is 29.1. The highest BCUT2D eigenvalue weighted by atomic mass is 16.6. The van der Waals surface area contributed by atoms with Crippen LogP contribution in [-0.2, 0) is 11.3 Å². The molecular weight excluding hydrogens is 412 g/mol. The molecule has 0 spiro atoms. The Morgan fingerprint density at radius 1 is 0.969 bits per heavy atom. The number of aliphatic hydroxyl groups is 1. The maximum Gasteiger partial charge on any atom is 0.323 e. The van der Waals surface area contributed by atoms with Crippen LogP contribution in [0.25, 0.3) is 0 Å². The molecule has 3 rings (SSSR count). The smallest absolute Gasteiger partial charge is 0.323 e. The highest BCUT2D eigenvalue weighted by Gasteiger charge is 2.19. The third-order valence-electron chi connectivity index (χ3n) is 4.57. The lowest BCUT2D eigenvalue weighted by molar-refractivity contribution is -0.385. The minimum absolute atomic E-state index is 0.0971. The Hall–Kier alpha value is -4.24. The van der Waals surface area contributed by atoms with E-state index in [2.05, 4.69) is 16.0 Å². The van der Waals surface area contributed by atoms with Crippen molar-refractivity contribution in [1.29, 1.82) is 0 Å². The molecule has 3 amide bonds. The first-order valence-electron chi connectivity index (χ1n) is 9.75. The molecule has 4 N–H and O–H groups in total. The number of benzene rings is 3. The summed E-state index contributed by atoms with van der Waals surface area (Å²) in [6, 6.07) is 19.1. The number of carbonyl (C=O) groups is 2. The molecule has 0 aromatic heterocycles. The van der Waals surface area contributed by atoms with Crippen LogP contribution in [0, 0.1) is 17.0 Å². The molecule has 0 bridgehead atoms. The van der Waals surface area contributed by atoms with Crippen molar-refractivity contribution in [2.75, 3.05) is 10.6 Å². The van der Waals surface area contributed by atoms with E-state index >= 15 is 0 Å². The molecule has 0 fully saturated rings. The van der Waals surface area contributed by atoms with Crippen LogP contribution < -0.4 is 16.0 Å². The summed E-state index contributed by atoms with van der Waals surface area (Å²) in [5.74, 6) is -0.693. The summed E-state index contributed by atoms with van der Waals surface area (Å²) in [6.07, 6.45) is -1.55. The number of nitro groups is 1. The predicted octanol–water partition coefficient (Wildman–Crippen LogP) is 3.90. The minimum Gasteiger partial charge on any atom is -0.378 e. The second kappa shape index (κ2) is 10.2. The van der Waals surface area contributed by atoms with Crippen molar-refractivity contribution in [1.82, 2.24) is 5.32 Å². The van der Waals surface area contributed by atoms with Crippen molar-refractivity contribution < 1.29 is 19.6 Å².